The highest BCUT2D eigenvalue weighted by Crippen LogP contribution is 2.20. The standard InChI is InChI=1S/C23H30O12.6CH4/c1-8-17(24)33-14(4)20(27)30-11-23(7,12-31-21(28)15(5)34-18(25)9-2)13-32-22(29)16(6)35-19(26)10-3;;;;;;/h8-10,14-16H,1-3,11-13H2,4-7H3;6*1H4. The van der Waals surface area contributed by atoms with Gasteiger partial charge in [-0.05, 0) is 27.7 Å². The molecular weight excluding hydrogens is 540 g/mol. The predicted octanol–water partition coefficient (Wildman–Crippen LogP) is 4.79. The predicted molar refractivity (Wildman–Crippen MR) is 159 cm³/mol. The normalized spacial score (nSPS) is 12.3. The van der Waals surface area contributed by atoms with Crippen molar-refractivity contribution >= 4 is 35.8 Å². The van der Waals surface area contributed by atoms with Gasteiger partial charge in [0.1, 0.15) is 19.8 Å². The molecule has 0 aromatic heterocycles. The monoisotopic (exact) mass is 594 g/mol. The van der Waals surface area contributed by atoms with Crippen LogP contribution in [-0.2, 0) is 57.2 Å². The van der Waals surface area contributed by atoms with Crippen molar-refractivity contribution in [2.75, 3.05) is 19.8 Å². The Bertz CT molecular complexity index is 739. The van der Waals surface area contributed by atoms with Crippen LogP contribution in [0.5, 0.6) is 0 Å². The van der Waals surface area contributed by atoms with Crippen LogP contribution in [0.15, 0.2) is 38.0 Å². The van der Waals surface area contributed by atoms with E-state index in [1.165, 1.54) is 27.7 Å². The molecule has 0 aliphatic carbocycles. The van der Waals surface area contributed by atoms with E-state index in [1.54, 1.807) is 0 Å². The number of hydrogen-bond donors (Lipinski definition) is 0. The maximum absolute atomic E-state index is 12.2. The van der Waals surface area contributed by atoms with Crippen LogP contribution < -0.4 is 0 Å². The number of ether oxygens (including phenoxy) is 6. The van der Waals surface area contributed by atoms with Crippen LogP contribution in [0.25, 0.3) is 0 Å². The summed E-state index contributed by atoms with van der Waals surface area (Å²) >= 11 is 0. The number of carbonyl (C=O) groups is 6. The largest absolute Gasteiger partial charge is 0.462 e. The van der Waals surface area contributed by atoms with E-state index in [0.717, 1.165) is 18.2 Å². The Kier molecular flexibility index (Phi) is 34.2. The molecule has 0 N–H and O–H groups in total. The summed E-state index contributed by atoms with van der Waals surface area (Å²) in [4.78, 5) is 70.3. The second-order valence-corrected chi connectivity index (χ2v) is 7.48. The minimum Gasteiger partial charge on any atom is -0.462 e. The van der Waals surface area contributed by atoms with E-state index in [-0.39, 0.29) is 44.6 Å². The molecule has 0 saturated carbocycles. The summed E-state index contributed by atoms with van der Waals surface area (Å²) in [5.41, 5.74) is -1.30. The molecule has 0 amide bonds. The van der Waals surface area contributed by atoms with Gasteiger partial charge in [0.2, 0.25) is 0 Å². The molecule has 12 nitrogen and oxygen atoms in total. The SMILES string of the molecule is C.C.C.C.C.C.C=CC(=O)OC(C)C(=O)OCC(C)(COC(=O)C(C)OC(=O)C=C)COC(=O)C(C)OC(=O)C=C. The van der Waals surface area contributed by atoms with Gasteiger partial charge in [0, 0.05) is 18.2 Å². The molecule has 0 fully saturated rings. The highest BCUT2D eigenvalue weighted by atomic mass is 16.6. The molecule has 0 saturated heterocycles. The number of esters is 6. The van der Waals surface area contributed by atoms with Crippen LogP contribution in [0.4, 0.5) is 0 Å². The summed E-state index contributed by atoms with van der Waals surface area (Å²) in [7, 11) is 0. The van der Waals surface area contributed by atoms with E-state index in [4.69, 9.17) is 28.4 Å². The van der Waals surface area contributed by atoms with Crippen molar-refractivity contribution in [3.63, 3.8) is 0 Å². The number of rotatable bonds is 15. The second-order valence-electron chi connectivity index (χ2n) is 7.48. The van der Waals surface area contributed by atoms with E-state index in [9.17, 15) is 28.8 Å². The quantitative estimate of drug-likeness (QED) is 0.145. The molecule has 0 aromatic carbocycles. The van der Waals surface area contributed by atoms with Gasteiger partial charge >= 0.3 is 35.8 Å². The molecule has 242 valence electrons. The number of hydrogen-bond acceptors (Lipinski definition) is 12. The van der Waals surface area contributed by atoms with Crippen molar-refractivity contribution in [2.45, 2.75) is 90.6 Å². The van der Waals surface area contributed by atoms with Gasteiger partial charge in [0.15, 0.2) is 18.3 Å². The lowest BCUT2D eigenvalue weighted by atomic mass is 9.94. The van der Waals surface area contributed by atoms with Gasteiger partial charge in [-0.3, -0.25) is 0 Å². The molecule has 0 spiro atoms. The fourth-order valence-corrected chi connectivity index (χ4v) is 2.02. The summed E-state index contributed by atoms with van der Waals surface area (Å²) in [6.07, 6.45) is -1.21. The molecule has 0 bridgehead atoms. The van der Waals surface area contributed by atoms with Crippen molar-refractivity contribution < 1.29 is 57.2 Å². The molecule has 3 atom stereocenters. The first kappa shape index (κ1) is 53.3. The summed E-state index contributed by atoms with van der Waals surface area (Å²) < 4.78 is 29.7. The summed E-state index contributed by atoms with van der Waals surface area (Å²) in [6.45, 7) is 13.6. The highest BCUT2D eigenvalue weighted by Gasteiger charge is 2.34. The highest BCUT2D eigenvalue weighted by molar-refractivity contribution is 5.86. The van der Waals surface area contributed by atoms with Gasteiger partial charge in [-0.25, -0.2) is 28.8 Å². The summed E-state index contributed by atoms with van der Waals surface area (Å²) in [5.74, 6) is -5.30. The average Bonchev–Trinajstić information content (AvgIpc) is 2.83. The molecule has 41 heavy (non-hydrogen) atoms. The van der Waals surface area contributed by atoms with E-state index in [1.807, 2.05) is 0 Å². The van der Waals surface area contributed by atoms with Crippen molar-refractivity contribution in [1.29, 1.82) is 0 Å². The van der Waals surface area contributed by atoms with Crippen LogP contribution >= 0.6 is 0 Å². The molecule has 0 aliphatic heterocycles. The molecule has 0 rings (SSSR count). The Morgan fingerprint density at radius 3 is 0.902 bits per heavy atom. The van der Waals surface area contributed by atoms with Gasteiger partial charge in [-0.2, -0.15) is 0 Å². The van der Waals surface area contributed by atoms with Gasteiger partial charge in [-0.15, -0.1) is 0 Å². The lowest BCUT2D eigenvalue weighted by Crippen LogP contribution is -2.40. The molecule has 0 aromatic rings. The third kappa shape index (κ3) is 21.5. The molecule has 0 radical (unpaired) electrons. The third-order valence-corrected chi connectivity index (χ3v) is 4.06. The van der Waals surface area contributed by atoms with Crippen molar-refractivity contribution in [2.24, 2.45) is 5.41 Å². The Morgan fingerprint density at radius 1 is 0.537 bits per heavy atom. The van der Waals surface area contributed by atoms with Crippen LogP contribution in [0.1, 0.15) is 72.3 Å². The van der Waals surface area contributed by atoms with E-state index >= 15 is 0 Å². The fourth-order valence-electron chi connectivity index (χ4n) is 2.02. The number of carbonyl (C=O) groups excluding carboxylic acids is 6. The minimum atomic E-state index is -1.30. The summed E-state index contributed by atoms with van der Waals surface area (Å²) in [6, 6.07) is 0. The van der Waals surface area contributed by atoms with Gasteiger partial charge in [-0.1, -0.05) is 64.3 Å². The first-order valence-electron chi connectivity index (χ1n) is 10.3. The third-order valence-electron chi connectivity index (χ3n) is 4.06. The maximum atomic E-state index is 12.2. The lowest BCUT2D eigenvalue weighted by molar-refractivity contribution is -0.177. The van der Waals surface area contributed by atoms with Gasteiger partial charge in [0.25, 0.3) is 0 Å². The fraction of sp³-hybridized carbons (Fsp3) is 0.586. The Hall–Kier alpha value is -3.96. The van der Waals surface area contributed by atoms with Crippen LogP contribution in [0, 0.1) is 5.41 Å². The van der Waals surface area contributed by atoms with Crippen molar-refractivity contribution in [3.05, 3.63) is 38.0 Å². The average molecular weight is 595 g/mol. The lowest BCUT2D eigenvalue weighted by Gasteiger charge is -2.29. The second kappa shape index (κ2) is 26.3. The van der Waals surface area contributed by atoms with Gasteiger partial charge < -0.3 is 28.4 Å². The van der Waals surface area contributed by atoms with Crippen molar-refractivity contribution in [3.8, 4) is 0 Å². The maximum Gasteiger partial charge on any atom is 0.347 e. The van der Waals surface area contributed by atoms with Crippen LogP contribution in [0.3, 0.4) is 0 Å². The van der Waals surface area contributed by atoms with Crippen molar-refractivity contribution in [1.82, 2.24) is 0 Å². The Labute approximate surface area is 247 Å². The zero-order valence-electron chi connectivity index (χ0n) is 20.1. The summed E-state index contributed by atoms with van der Waals surface area (Å²) in [5, 5.41) is 0. The Balaban J connectivity index is -0.000000385. The molecular formula is C29H54O12. The molecule has 3 unspecified atom stereocenters. The van der Waals surface area contributed by atoms with E-state index in [2.05, 4.69) is 19.7 Å². The molecule has 12 heteroatoms. The zero-order valence-corrected chi connectivity index (χ0v) is 20.1. The van der Waals surface area contributed by atoms with E-state index in [0.29, 0.717) is 0 Å². The zero-order chi connectivity index (χ0) is 27.2. The molecule has 0 heterocycles. The van der Waals surface area contributed by atoms with E-state index < -0.39 is 79.4 Å². The van der Waals surface area contributed by atoms with Crippen LogP contribution in [0.2, 0.25) is 0 Å². The minimum absolute atomic E-state index is 0. The van der Waals surface area contributed by atoms with Crippen LogP contribution in [-0.4, -0.2) is 73.9 Å². The topological polar surface area (TPSA) is 158 Å². The molecule has 0 aliphatic rings. The first-order valence-corrected chi connectivity index (χ1v) is 10.3. The van der Waals surface area contributed by atoms with Gasteiger partial charge in [0.05, 0.1) is 5.41 Å². The smallest absolute Gasteiger partial charge is 0.347 e. The Morgan fingerprint density at radius 2 is 0.732 bits per heavy atom. The first-order chi connectivity index (χ1) is 16.3.